The van der Waals surface area contributed by atoms with Gasteiger partial charge in [0, 0.05) is 5.39 Å². The van der Waals surface area contributed by atoms with Crippen LogP contribution in [-0.2, 0) is 0 Å². The van der Waals surface area contributed by atoms with Gasteiger partial charge in [-0.25, -0.2) is 9.78 Å². The molecule has 15 heavy (non-hydrogen) atoms. The van der Waals surface area contributed by atoms with Crippen LogP contribution in [0.5, 0.6) is 0 Å². The molecule has 6 heteroatoms. The van der Waals surface area contributed by atoms with Crippen molar-refractivity contribution in [2.45, 2.75) is 0 Å². The van der Waals surface area contributed by atoms with Gasteiger partial charge in [0.2, 0.25) is 0 Å². The first-order valence-corrected chi connectivity index (χ1v) is 5.19. The van der Waals surface area contributed by atoms with Gasteiger partial charge in [0.05, 0.1) is 12.4 Å². The second kappa shape index (κ2) is 3.03. The number of H-pyrrole nitrogens is 1. The van der Waals surface area contributed by atoms with E-state index < -0.39 is 0 Å². The van der Waals surface area contributed by atoms with Gasteiger partial charge >= 0.3 is 0 Å². The zero-order valence-corrected chi connectivity index (χ0v) is 8.36. The monoisotopic (exact) mass is 218 g/mol. The van der Waals surface area contributed by atoms with Gasteiger partial charge < -0.3 is 0 Å². The molecule has 3 rings (SSSR count). The molecular weight excluding hydrogens is 212 g/mol. The molecule has 0 atom stereocenters. The number of thiophene rings is 1. The molecule has 0 unspecified atom stereocenters. The van der Waals surface area contributed by atoms with E-state index in [2.05, 4.69) is 15.3 Å². The molecule has 74 valence electrons. The van der Waals surface area contributed by atoms with Gasteiger partial charge in [-0.15, -0.1) is 11.3 Å². The highest BCUT2D eigenvalue weighted by Crippen LogP contribution is 2.17. The van der Waals surface area contributed by atoms with Crippen molar-refractivity contribution >= 4 is 22.2 Å². The number of fused-ring (bicyclic) bond motifs is 1. The Morgan fingerprint density at radius 2 is 2.33 bits per heavy atom. The third-order valence-electron chi connectivity index (χ3n) is 2.10. The fourth-order valence-corrected chi connectivity index (χ4v) is 2.15. The Hall–Kier alpha value is -1.95. The third-order valence-corrected chi connectivity index (χ3v) is 2.94. The van der Waals surface area contributed by atoms with Crippen molar-refractivity contribution in [2.75, 3.05) is 0 Å². The summed E-state index contributed by atoms with van der Waals surface area (Å²) in [4.78, 5) is 11.6. The first-order valence-electron chi connectivity index (χ1n) is 4.31. The highest BCUT2D eigenvalue weighted by atomic mass is 32.1. The molecular formula is C9H6N4OS. The number of rotatable bonds is 1. The smallest absolute Gasteiger partial charge is 0.266 e. The van der Waals surface area contributed by atoms with Crippen molar-refractivity contribution in [2.24, 2.45) is 0 Å². The SMILES string of the molecule is O=c1[nH]ncc2cnn(-c3cccs3)c12. The summed E-state index contributed by atoms with van der Waals surface area (Å²) in [5.41, 5.74) is 0.311. The predicted molar refractivity (Wildman–Crippen MR) is 57.4 cm³/mol. The average Bonchev–Trinajstić information content (AvgIpc) is 2.85. The minimum atomic E-state index is -0.224. The molecule has 0 aliphatic heterocycles. The number of nitrogens with zero attached hydrogens (tertiary/aromatic N) is 3. The Bertz CT molecular complexity index is 652. The third kappa shape index (κ3) is 1.18. The van der Waals surface area contributed by atoms with E-state index in [-0.39, 0.29) is 5.56 Å². The van der Waals surface area contributed by atoms with Crippen LogP contribution in [0.15, 0.2) is 34.7 Å². The summed E-state index contributed by atoms with van der Waals surface area (Å²) in [6.07, 6.45) is 3.23. The van der Waals surface area contributed by atoms with Crippen LogP contribution in [0.1, 0.15) is 0 Å². The van der Waals surface area contributed by atoms with Crippen LogP contribution in [0.2, 0.25) is 0 Å². The molecule has 0 saturated heterocycles. The summed E-state index contributed by atoms with van der Waals surface area (Å²) < 4.78 is 1.63. The van der Waals surface area contributed by atoms with Crippen LogP contribution in [-0.4, -0.2) is 20.0 Å². The highest BCUT2D eigenvalue weighted by molar-refractivity contribution is 7.12. The van der Waals surface area contributed by atoms with E-state index in [0.29, 0.717) is 5.52 Å². The van der Waals surface area contributed by atoms with Crippen LogP contribution in [0.25, 0.3) is 15.9 Å². The van der Waals surface area contributed by atoms with E-state index in [1.54, 1.807) is 17.1 Å². The Morgan fingerprint density at radius 1 is 1.40 bits per heavy atom. The van der Waals surface area contributed by atoms with Crippen molar-refractivity contribution in [1.82, 2.24) is 20.0 Å². The van der Waals surface area contributed by atoms with Crippen molar-refractivity contribution < 1.29 is 0 Å². The fraction of sp³-hybridized carbons (Fsp3) is 0. The number of hydrogen-bond donors (Lipinski definition) is 1. The molecule has 0 fully saturated rings. The second-order valence-electron chi connectivity index (χ2n) is 3.01. The molecule has 0 amide bonds. The molecule has 0 bridgehead atoms. The molecule has 0 aliphatic rings. The van der Waals surface area contributed by atoms with Crippen molar-refractivity contribution in [1.29, 1.82) is 0 Å². The molecule has 0 spiro atoms. The zero-order valence-electron chi connectivity index (χ0n) is 7.54. The normalized spacial score (nSPS) is 10.9. The standard InChI is InChI=1S/C9H6N4OS/c14-9-8-6(4-10-12-9)5-11-13(8)7-2-1-3-15-7/h1-5H,(H,12,14). The molecule has 0 aromatic carbocycles. The lowest BCUT2D eigenvalue weighted by Crippen LogP contribution is -2.11. The Labute approximate surface area is 88.0 Å². The number of hydrogen-bond acceptors (Lipinski definition) is 4. The van der Waals surface area contributed by atoms with Gasteiger partial charge in [0.1, 0.15) is 10.5 Å². The zero-order chi connectivity index (χ0) is 10.3. The molecule has 0 saturated carbocycles. The van der Waals surface area contributed by atoms with Crippen LogP contribution in [0.4, 0.5) is 0 Å². The Balaban J connectivity index is 2.43. The van der Waals surface area contributed by atoms with Crippen molar-refractivity contribution in [3.05, 3.63) is 40.3 Å². The van der Waals surface area contributed by atoms with Crippen LogP contribution >= 0.6 is 11.3 Å². The number of aromatic nitrogens is 4. The largest absolute Gasteiger partial charge is 0.290 e. The van der Waals surface area contributed by atoms with E-state index in [9.17, 15) is 4.79 Å². The number of aromatic amines is 1. The molecule has 0 aliphatic carbocycles. The van der Waals surface area contributed by atoms with Crippen LogP contribution < -0.4 is 5.56 Å². The van der Waals surface area contributed by atoms with E-state index in [1.165, 1.54) is 11.3 Å². The fourth-order valence-electron chi connectivity index (χ4n) is 1.45. The minimum absolute atomic E-state index is 0.224. The molecule has 0 radical (unpaired) electrons. The average molecular weight is 218 g/mol. The van der Waals surface area contributed by atoms with Crippen LogP contribution in [0, 0.1) is 0 Å². The van der Waals surface area contributed by atoms with Gasteiger partial charge in [-0.3, -0.25) is 4.79 Å². The van der Waals surface area contributed by atoms with Gasteiger partial charge in [-0.05, 0) is 17.5 Å². The minimum Gasteiger partial charge on any atom is -0.266 e. The lowest BCUT2D eigenvalue weighted by molar-refractivity contribution is 0.911. The van der Waals surface area contributed by atoms with Gasteiger partial charge in [-0.1, -0.05) is 0 Å². The summed E-state index contributed by atoms with van der Waals surface area (Å²) in [6, 6.07) is 3.83. The number of nitrogens with one attached hydrogen (secondary N) is 1. The van der Waals surface area contributed by atoms with Crippen LogP contribution in [0.3, 0.4) is 0 Å². The maximum absolute atomic E-state index is 11.6. The van der Waals surface area contributed by atoms with Gasteiger partial charge in [0.15, 0.2) is 0 Å². The molecule has 3 aromatic heterocycles. The highest BCUT2D eigenvalue weighted by Gasteiger charge is 2.08. The van der Waals surface area contributed by atoms with E-state index in [4.69, 9.17) is 0 Å². The summed E-state index contributed by atoms with van der Waals surface area (Å²) in [7, 11) is 0. The molecule has 3 aromatic rings. The quantitative estimate of drug-likeness (QED) is 0.666. The van der Waals surface area contributed by atoms with Crippen molar-refractivity contribution in [3.8, 4) is 5.00 Å². The second-order valence-corrected chi connectivity index (χ2v) is 3.94. The topological polar surface area (TPSA) is 63.6 Å². The maximum Gasteiger partial charge on any atom is 0.290 e. The van der Waals surface area contributed by atoms with E-state index in [0.717, 1.165) is 10.4 Å². The lowest BCUT2D eigenvalue weighted by Gasteiger charge is -1.96. The van der Waals surface area contributed by atoms with E-state index >= 15 is 0 Å². The van der Waals surface area contributed by atoms with E-state index in [1.807, 2.05) is 17.5 Å². The van der Waals surface area contributed by atoms with Gasteiger partial charge in [0.25, 0.3) is 5.56 Å². The molecule has 3 heterocycles. The Morgan fingerprint density at radius 3 is 3.13 bits per heavy atom. The molecule has 5 nitrogen and oxygen atoms in total. The first kappa shape index (κ1) is 8.37. The maximum atomic E-state index is 11.6. The Kier molecular flexibility index (Phi) is 1.69. The predicted octanol–water partition coefficient (Wildman–Crippen LogP) is 1.17. The first-order chi connectivity index (χ1) is 7.36. The summed E-state index contributed by atoms with van der Waals surface area (Å²) in [5, 5.41) is 13.9. The summed E-state index contributed by atoms with van der Waals surface area (Å²) in [5.74, 6) is 0. The lowest BCUT2D eigenvalue weighted by atomic mass is 10.4. The summed E-state index contributed by atoms with van der Waals surface area (Å²) in [6.45, 7) is 0. The van der Waals surface area contributed by atoms with Gasteiger partial charge in [-0.2, -0.15) is 10.2 Å². The summed E-state index contributed by atoms with van der Waals surface area (Å²) >= 11 is 1.53. The molecule has 1 N–H and O–H groups in total. The van der Waals surface area contributed by atoms with Crippen molar-refractivity contribution in [3.63, 3.8) is 0 Å².